The van der Waals surface area contributed by atoms with E-state index >= 15 is 0 Å². The van der Waals surface area contributed by atoms with Crippen LogP contribution in [0.15, 0.2) is 11.2 Å². The van der Waals surface area contributed by atoms with Crippen molar-refractivity contribution in [1.82, 2.24) is 14.7 Å². The summed E-state index contributed by atoms with van der Waals surface area (Å²) < 4.78 is 26.6. The Morgan fingerprint density at radius 1 is 1.43 bits per heavy atom. The summed E-state index contributed by atoms with van der Waals surface area (Å²) in [6.45, 7) is 4.15. The zero-order valence-corrected chi connectivity index (χ0v) is 13.2. The van der Waals surface area contributed by atoms with Crippen LogP contribution >= 0.6 is 0 Å². The zero-order valence-electron chi connectivity index (χ0n) is 12.4. The molecular formula is C13H23N3O4S. The molecule has 7 nitrogen and oxygen atoms in total. The van der Waals surface area contributed by atoms with Crippen LogP contribution in [-0.2, 0) is 21.2 Å². The number of H-pyrrole nitrogens is 1. The molecule has 0 spiro atoms. The van der Waals surface area contributed by atoms with E-state index in [2.05, 4.69) is 14.7 Å². The summed E-state index contributed by atoms with van der Waals surface area (Å²) in [5.74, 6) is 0.0126. The maximum atomic E-state index is 12.0. The molecule has 0 saturated heterocycles. The summed E-state index contributed by atoms with van der Waals surface area (Å²) in [5, 5.41) is 8.73. The smallest absolute Gasteiger partial charge is 0.303 e. The first-order valence-electron chi connectivity index (χ1n) is 7.14. The molecule has 0 aliphatic heterocycles. The van der Waals surface area contributed by atoms with Gasteiger partial charge in [-0.15, -0.1) is 0 Å². The standard InChI is InChI=1S/C13H23N3O4S/c1-3-10(5-6-13(17)18)7-8-15-21(19,20)12-9-14-11(4-2)16-12/h9-10,15H,3-8H2,1-2H3,(H,14,16)(H,17,18). The molecule has 8 heteroatoms. The van der Waals surface area contributed by atoms with E-state index in [4.69, 9.17) is 5.11 Å². The number of rotatable bonds is 10. The molecule has 1 aromatic heterocycles. The number of hydrogen-bond donors (Lipinski definition) is 3. The van der Waals surface area contributed by atoms with E-state index < -0.39 is 16.0 Å². The number of imidazole rings is 1. The Labute approximate surface area is 125 Å². The first-order chi connectivity index (χ1) is 9.89. The maximum Gasteiger partial charge on any atom is 0.303 e. The molecule has 0 fully saturated rings. The monoisotopic (exact) mass is 317 g/mol. The van der Waals surface area contributed by atoms with E-state index in [1.165, 1.54) is 6.20 Å². The normalized spacial score (nSPS) is 13.2. The molecule has 1 rings (SSSR count). The molecular weight excluding hydrogens is 294 g/mol. The van der Waals surface area contributed by atoms with Crippen molar-refractivity contribution in [2.24, 2.45) is 5.92 Å². The van der Waals surface area contributed by atoms with Gasteiger partial charge in [0.25, 0.3) is 10.0 Å². The molecule has 0 aliphatic rings. The lowest BCUT2D eigenvalue weighted by atomic mass is 9.97. The lowest BCUT2D eigenvalue weighted by Crippen LogP contribution is -2.26. The predicted molar refractivity (Wildman–Crippen MR) is 78.4 cm³/mol. The fourth-order valence-electron chi connectivity index (χ4n) is 2.01. The van der Waals surface area contributed by atoms with E-state index in [9.17, 15) is 13.2 Å². The third kappa shape index (κ3) is 5.84. The van der Waals surface area contributed by atoms with Gasteiger partial charge in [-0.05, 0) is 18.8 Å². The number of nitrogens with zero attached hydrogens (tertiary/aromatic N) is 1. The molecule has 0 bridgehead atoms. The van der Waals surface area contributed by atoms with Crippen LogP contribution in [0.3, 0.4) is 0 Å². The van der Waals surface area contributed by atoms with E-state index in [-0.39, 0.29) is 17.4 Å². The van der Waals surface area contributed by atoms with Gasteiger partial charge in [-0.3, -0.25) is 4.79 Å². The number of sulfonamides is 1. The van der Waals surface area contributed by atoms with Crippen molar-refractivity contribution in [3.63, 3.8) is 0 Å². The Balaban J connectivity index is 2.47. The zero-order chi connectivity index (χ0) is 15.9. The number of carboxylic acids is 1. The Morgan fingerprint density at radius 2 is 2.14 bits per heavy atom. The quantitative estimate of drug-likeness (QED) is 0.606. The molecule has 1 atom stereocenters. The Morgan fingerprint density at radius 3 is 2.67 bits per heavy atom. The molecule has 0 aliphatic carbocycles. The second-order valence-corrected chi connectivity index (χ2v) is 6.68. The van der Waals surface area contributed by atoms with Crippen LogP contribution in [0, 0.1) is 5.92 Å². The van der Waals surface area contributed by atoms with Crippen molar-refractivity contribution in [1.29, 1.82) is 0 Å². The number of aromatic nitrogens is 2. The van der Waals surface area contributed by atoms with Gasteiger partial charge in [0.2, 0.25) is 0 Å². The van der Waals surface area contributed by atoms with Gasteiger partial charge in [-0.2, -0.15) is 0 Å². The number of aryl methyl sites for hydroxylation is 1. The van der Waals surface area contributed by atoms with Crippen LogP contribution in [0.2, 0.25) is 0 Å². The summed E-state index contributed by atoms with van der Waals surface area (Å²) in [7, 11) is -3.57. The molecule has 1 unspecified atom stereocenters. The summed E-state index contributed by atoms with van der Waals surface area (Å²) >= 11 is 0. The lowest BCUT2D eigenvalue weighted by molar-refractivity contribution is -0.137. The summed E-state index contributed by atoms with van der Waals surface area (Å²) in [4.78, 5) is 17.3. The van der Waals surface area contributed by atoms with Gasteiger partial charge in [0.05, 0.1) is 6.20 Å². The van der Waals surface area contributed by atoms with E-state index in [1.54, 1.807) is 0 Å². The second kappa shape index (κ2) is 8.14. The van der Waals surface area contributed by atoms with Gasteiger partial charge < -0.3 is 10.1 Å². The van der Waals surface area contributed by atoms with Crippen LogP contribution < -0.4 is 4.72 Å². The van der Waals surface area contributed by atoms with E-state index in [0.29, 0.717) is 31.6 Å². The lowest BCUT2D eigenvalue weighted by Gasteiger charge is -2.13. The summed E-state index contributed by atoms with van der Waals surface area (Å²) in [6.07, 6.45) is 4.09. The van der Waals surface area contributed by atoms with Gasteiger partial charge in [0.1, 0.15) is 5.82 Å². The molecule has 0 radical (unpaired) electrons. The fraction of sp³-hybridized carbons (Fsp3) is 0.692. The largest absolute Gasteiger partial charge is 0.481 e. The van der Waals surface area contributed by atoms with Crippen LogP contribution in [-0.4, -0.2) is 36.0 Å². The molecule has 0 saturated carbocycles. The third-order valence-corrected chi connectivity index (χ3v) is 4.79. The van der Waals surface area contributed by atoms with E-state index in [1.807, 2.05) is 13.8 Å². The molecule has 120 valence electrons. The molecule has 3 N–H and O–H groups in total. The minimum atomic E-state index is -3.57. The van der Waals surface area contributed by atoms with Gasteiger partial charge in [-0.25, -0.2) is 18.1 Å². The van der Waals surface area contributed by atoms with Crippen LogP contribution in [0.4, 0.5) is 0 Å². The average molecular weight is 317 g/mol. The van der Waals surface area contributed by atoms with Crippen LogP contribution in [0.1, 0.15) is 45.4 Å². The third-order valence-electron chi connectivity index (χ3n) is 3.42. The topological polar surface area (TPSA) is 112 Å². The first kappa shape index (κ1) is 17.6. The highest BCUT2D eigenvalue weighted by molar-refractivity contribution is 7.89. The predicted octanol–water partition coefficient (Wildman–Crippen LogP) is 1.53. The van der Waals surface area contributed by atoms with Gasteiger partial charge in [0.15, 0.2) is 5.03 Å². The molecule has 0 amide bonds. The minimum Gasteiger partial charge on any atom is -0.481 e. The molecule has 0 aromatic carbocycles. The molecule has 1 aromatic rings. The highest BCUT2D eigenvalue weighted by atomic mass is 32.2. The van der Waals surface area contributed by atoms with Crippen molar-refractivity contribution in [2.75, 3.05) is 6.54 Å². The molecule has 1 heterocycles. The van der Waals surface area contributed by atoms with E-state index in [0.717, 1.165) is 6.42 Å². The Bertz CT molecular complexity index is 554. The highest BCUT2D eigenvalue weighted by Gasteiger charge is 2.17. The van der Waals surface area contributed by atoms with Crippen LogP contribution in [0.25, 0.3) is 0 Å². The summed E-state index contributed by atoms with van der Waals surface area (Å²) in [6, 6.07) is 0. The Hall–Kier alpha value is -1.41. The number of hydrogen-bond acceptors (Lipinski definition) is 4. The molecule has 21 heavy (non-hydrogen) atoms. The number of nitrogens with one attached hydrogen (secondary N) is 2. The van der Waals surface area contributed by atoms with Gasteiger partial charge in [0, 0.05) is 19.4 Å². The van der Waals surface area contributed by atoms with Crippen molar-refractivity contribution >= 4 is 16.0 Å². The SMILES string of the molecule is CCc1ncc(S(=O)(=O)NCCC(CC)CCC(=O)O)[nH]1. The first-order valence-corrected chi connectivity index (χ1v) is 8.62. The minimum absolute atomic E-state index is 0.0675. The number of carbonyl (C=O) groups is 1. The van der Waals surface area contributed by atoms with Gasteiger partial charge >= 0.3 is 5.97 Å². The summed E-state index contributed by atoms with van der Waals surface area (Å²) in [5.41, 5.74) is 0. The fourth-order valence-corrected chi connectivity index (χ4v) is 3.00. The highest BCUT2D eigenvalue weighted by Crippen LogP contribution is 2.15. The second-order valence-electron chi connectivity index (χ2n) is 4.94. The van der Waals surface area contributed by atoms with Crippen molar-refractivity contribution in [3.8, 4) is 0 Å². The maximum absolute atomic E-state index is 12.0. The Kier molecular flexibility index (Phi) is 6.83. The number of aromatic amines is 1. The number of aliphatic carboxylic acids is 1. The average Bonchev–Trinajstić information content (AvgIpc) is 2.92. The van der Waals surface area contributed by atoms with Crippen molar-refractivity contribution < 1.29 is 18.3 Å². The van der Waals surface area contributed by atoms with Crippen molar-refractivity contribution in [3.05, 3.63) is 12.0 Å². The number of carboxylic acid groups (broad SMARTS) is 1. The van der Waals surface area contributed by atoms with Crippen LogP contribution in [0.5, 0.6) is 0 Å². The van der Waals surface area contributed by atoms with Gasteiger partial charge in [-0.1, -0.05) is 20.3 Å². The van der Waals surface area contributed by atoms with Crippen molar-refractivity contribution in [2.45, 2.75) is 51.0 Å².